The van der Waals surface area contributed by atoms with Gasteiger partial charge < -0.3 is 20.1 Å². The molecule has 140 valence electrons. The minimum absolute atomic E-state index is 0.0637. The minimum Gasteiger partial charge on any atom is -0.396 e. The van der Waals surface area contributed by atoms with Crippen molar-refractivity contribution in [3.8, 4) is 0 Å². The fourth-order valence-electron chi connectivity index (χ4n) is 3.01. The van der Waals surface area contributed by atoms with E-state index in [0.29, 0.717) is 25.7 Å². The van der Waals surface area contributed by atoms with Crippen LogP contribution in [0, 0.1) is 5.92 Å². The van der Waals surface area contributed by atoms with Gasteiger partial charge in [0.15, 0.2) is 0 Å². The van der Waals surface area contributed by atoms with Crippen molar-refractivity contribution in [1.29, 1.82) is 0 Å². The number of ether oxygens (including phenoxy) is 1. The van der Waals surface area contributed by atoms with Crippen molar-refractivity contribution in [2.24, 2.45) is 5.92 Å². The average molecular weight is 348 g/mol. The molecule has 0 aromatic heterocycles. The van der Waals surface area contributed by atoms with Crippen LogP contribution >= 0.6 is 0 Å². The molecule has 5 nitrogen and oxygen atoms in total. The first-order chi connectivity index (χ1) is 12.1. The monoisotopic (exact) mass is 348 g/mol. The molecule has 0 bridgehead atoms. The third-order valence-corrected chi connectivity index (χ3v) is 4.88. The number of rotatable bonds is 9. The van der Waals surface area contributed by atoms with E-state index in [9.17, 15) is 9.90 Å². The first kappa shape index (κ1) is 19.7. The lowest BCUT2D eigenvalue weighted by Crippen LogP contribution is -2.35. The normalized spacial score (nSPS) is 16.7. The largest absolute Gasteiger partial charge is 0.396 e. The number of carbonyl (C=O) groups excluding carboxylic acids is 1. The maximum Gasteiger partial charge on any atom is 0.249 e. The summed E-state index contributed by atoms with van der Waals surface area (Å²) >= 11 is 0. The number of nitrogens with one attached hydrogen (secondary N) is 1. The molecule has 1 aromatic rings. The summed E-state index contributed by atoms with van der Waals surface area (Å²) in [4.78, 5) is 14.4. The zero-order valence-corrected chi connectivity index (χ0v) is 15.5. The SMILES string of the molecule is CCCCO[C@@H](C)C(=O)NCc1ccc(N2CCC(CO)CC2)cc1. The molecular weight excluding hydrogens is 316 g/mol. The highest BCUT2D eigenvalue weighted by Gasteiger charge is 2.18. The van der Waals surface area contributed by atoms with Gasteiger partial charge in [-0.05, 0) is 49.8 Å². The van der Waals surface area contributed by atoms with E-state index >= 15 is 0 Å². The third kappa shape index (κ3) is 6.33. The number of anilines is 1. The summed E-state index contributed by atoms with van der Waals surface area (Å²) in [6.07, 6.45) is 3.74. The zero-order valence-electron chi connectivity index (χ0n) is 15.5. The maximum atomic E-state index is 12.0. The number of piperidine rings is 1. The van der Waals surface area contributed by atoms with E-state index in [-0.39, 0.29) is 5.91 Å². The molecule has 25 heavy (non-hydrogen) atoms. The summed E-state index contributed by atoms with van der Waals surface area (Å²) in [7, 11) is 0. The Balaban J connectivity index is 1.75. The van der Waals surface area contributed by atoms with Crippen LogP contribution in [0.1, 0.15) is 45.1 Å². The summed E-state index contributed by atoms with van der Waals surface area (Å²) in [6, 6.07) is 8.36. The van der Waals surface area contributed by atoms with Crippen LogP contribution in [0.3, 0.4) is 0 Å². The first-order valence-electron chi connectivity index (χ1n) is 9.48. The topological polar surface area (TPSA) is 61.8 Å². The molecule has 0 saturated carbocycles. The number of unbranched alkanes of at least 4 members (excludes halogenated alkanes) is 1. The number of aliphatic hydroxyl groups is 1. The second-order valence-corrected chi connectivity index (χ2v) is 6.86. The van der Waals surface area contributed by atoms with Gasteiger partial charge in [-0.3, -0.25) is 4.79 Å². The van der Waals surface area contributed by atoms with Gasteiger partial charge in [-0.1, -0.05) is 25.5 Å². The number of aliphatic hydroxyl groups excluding tert-OH is 1. The van der Waals surface area contributed by atoms with Crippen LogP contribution in [0.5, 0.6) is 0 Å². The second-order valence-electron chi connectivity index (χ2n) is 6.86. The summed E-state index contributed by atoms with van der Waals surface area (Å²) in [5, 5.41) is 12.2. The molecule has 0 spiro atoms. The van der Waals surface area contributed by atoms with Gasteiger partial charge in [-0.2, -0.15) is 0 Å². The lowest BCUT2D eigenvalue weighted by atomic mass is 9.97. The Morgan fingerprint density at radius 3 is 2.60 bits per heavy atom. The van der Waals surface area contributed by atoms with Gasteiger partial charge >= 0.3 is 0 Å². The van der Waals surface area contributed by atoms with Crippen LogP contribution in [0.2, 0.25) is 0 Å². The van der Waals surface area contributed by atoms with Crippen LogP contribution in [0.4, 0.5) is 5.69 Å². The Morgan fingerprint density at radius 2 is 2.00 bits per heavy atom. The number of hydrogen-bond donors (Lipinski definition) is 2. The summed E-state index contributed by atoms with van der Waals surface area (Å²) in [5.74, 6) is 0.388. The van der Waals surface area contributed by atoms with Gasteiger partial charge in [-0.25, -0.2) is 0 Å². The predicted octanol–water partition coefficient (Wildman–Crippen LogP) is 2.72. The Kier molecular flexibility index (Phi) is 8.22. The van der Waals surface area contributed by atoms with Crippen molar-refractivity contribution in [2.45, 2.75) is 52.2 Å². The van der Waals surface area contributed by atoms with Crippen LogP contribution in [-0.4, -0.2) is 43.4 Å². The van der Waals surface area contributed by atoms with E-state index in [1.54, 1.807) is 6.92 Å². The summed E-state index contributed by atoms with van der Waals surface area (Å²) in [6.45, 7) is 7.34. The standard InChI is InChI=1S/C20H32N2O3/c1-3-4-13-25-16(2)20(24)21-14-17-5-7-19(8-6-17)22-11-9-18(15-23)10-12-22/h5-8,16,18,23H,3-4,9-15H2,1-2H3,(H,21,24)/t16-/m0/s1. The van der Waals surface area contributed by atoms with Crippen molar-refractivity contribution < 1.29 is 14.6 Å². The van der Waals surface area contributed by atoms with Crippen LogP contribution < -0.4 is 10.2 Å². The summed E-state index contributed by atoms with van der Waals surface area (Å²) in [5.41, 5.74) is 2.30. The Labute approximate surface area is 151 Å². The van der Waals surface area contributed by atoms with Gasteiger partial charge in [-0.15, -0.1) is 0 Å². The van der Waals surface area contributed by atoms with Crippen LogP contribution in [0.25, 0.3) is 0 Å². The fourth-order valence-corrected chi connectivity index (χ4v) is 3.01. The van der Waals surface area contributed by atoms with E-state index in [1.807, 2.05) is 0 Å². The first-order valence-corrected chi connectivity index (χ1v) is 9.48. The molecule has 1 aromatic carbocycles. The predicted molar refractivity (Wildman–Crippen MR) is 101 cm³/mol. The molecule has 1 aliphatic rings. The molecule has 1 amide bonds. The maximum absolute atomic E-state index is 12.0. The van der Waals surface area contributed by atoms with E-state index in [0.717, 1.165) is 44.3 Å². The van der Waals surface area contributed by atoms with Crippen molar-refractivity contribution in [2.75, 3.05) is 31.2 Å². The molecular formula is C20H32N2O3. The molecule has 0 radical (unpaired) electrons. The van der Waals surface area contributed by atoms with Crippen molar-refractivity contribution in [1.82, 2.24) is 5.32 Å². The molecule has 0 aliphatic carbocycles. The van der Waals surface area contributed by atoms with Gasteiger partial charge in [0.25, 0.3) is 0 Å². The average Bonchev–Trinajstić information content (AvgIpc) is 2.66. The molecule has 0 unspecified atom stereocenters. The summed E-state index contributed by atoms with van der Waals surface area (Å²) < 4.78 is 5.51. The number of nitrogens with zero attached hydrogens (tertiary/aromatic N) is 1. The zero-order chi connectivity index (χ0) is 18.1. The van der Waals surface area contributed by atoms with Gasteiger partial charge in [0.1, 0.15) is 6.10 Å². The van der Waals surface area contributed by atoms with E-state index in [4.69, 9.17) is 4.74 Å². The molecule has 1 fully saturated rings. The molecule has 1 saturated heterocycles. The van der Waals surface area contributed by atoms with Gasteiger partial charge in [0.05, 0.1) is 0 Å². The minimum atomic E-state index is -0.404. The Hall–Kier alpha value is -1.59. The molecule has 1 heterocycles. The highest BCUT2D eigenvalue weighted by molar-refractivity contribution is 5.80. The van der Waals surface area contributed by atoms with Crippen molar-refractivity contribution >= 4 is 11.6 Å². The lowest BCUT2D eigenvalue weighted by Gasteiger charge is -2.33. The van der Waals surface area contributed by atoms with E-state index < -0.39 is 6.10 Å². The van der Waals surface area contributed by atoms with Crippen LogP contribution in [0.15, 0.2) is 24.3 Å². The molecule has 1 atom stereocenters. The third-order valence-electron chi connectivity index (χ3n) is 4.88. The Morgan fingerprint density at radius 1 is 1.32 bits per heavy atom. The highest BCUT2D eigenvalue weighted by atomic mass is 16.5. The molecule has 2 rings (SSSR count). The van der Waals surface area contributed by atoms with E-state index in [1.165, 1.54) is 5.69 Å². The molecule has 5 heteroatoms. The van der Waals surface area contributed by atoms with Crippen LogP contribution in [-0.2, 0) is 16.1 Å². The number of carbonyl (C=O) groups is 1. The van der Waals surface area contributed by atoms with Crippen molar-refractivity contribution in [3.63, 3.8) is 0 Å². The van der Waals surface area contributed by atoms with Crippen molar-refractivity contribution in [3.05, 3.63) is 29.8 Å². The smallest absolute Gasteiger partial charge is 0.249 e. The van der Waals surface area contributed by atoms with E-state index in [2.05, 4.69) is 41.4 Å². The van der Waals surface area contributed by atoms with Gasteiger partial charge in [0.2, 0.25) is 5.91 Å². The molecule has 1 aliphatic heterocycles. The quantitative estimate of drug-likeness (QED) is 0.674. The Bertz CT molecular complexity index is 510. The lowest BCUT2D eigenvalue weighted by molar-refractivity contribution is -0.131. The van der Waals surface area contributed by atoms with Gasteiger partial charge in [0, 0.05) is 38.5 Å². The number of hydrogen-bond acceptors (Lipinski definition) is 4. The molecule has 2 N–H and O–H groups in total. The number of benzene rings is 1. The fraction of sp³-hybridized carbons (Fsp3) is 0.650. The second kappa shape index (κ2) is 10.4. The number of amides is 1. The highest BCUT2D eigenvalue weighted by Crippen LogP contribution is 2.23.